The van der Waals surface area contributed by atoms with Crippen LogP contribution in [0.1, 0.15) is 12.5 Å². The van der Waals surface area contributed by atoms with Gasteiger partial charge in [-0.05, 0) is 29.8 Å². The smallest absolute Gasteiger partial charge is 0.260 e. The second kappa shape index (κ2) is 6.31. The Morgan fingerprint density at radius 2 is 2.00 bits per heavy atom. The number of nitrogens with one attached hydrogen (secondary N) is 3. The molecule has 23 heavy (non-hydrogen) atoms. The van der Waals surface area contributed by atoms with E-state index in [-0.39, 0.29) is 11.5 Å². The predicted octanol–water partition coefficient (Wildman–Crippen LogP) is 2.49. The summed E-state index contributed by atoms with van der Waals surface area (Å²) in [5.74, 6) is 0.300. The molecule has 0 fully saturated rings. The predicted molar refractivity (Wildman–Crippen MR) is 90.4 cm³/mol. The standard InChI is InChI=1S/C17H16N4O2/c1-11(22)19-13-6-4-5-12(9-13)10-18-17-20-15-8-3-2-7-14(15)16(23)21-17/h2-9H,10H2,1H3,(H,19,22)(H2,18,20,21,23). The molecule has 2 aromatic carbocycles. The molecule has 1 heterocycles. The fourth-order valence-electron chi connectivity index (χ4n) is 2.32. The van der Waals surface area contributed by atoms with Crippen molar-refractivity contribution in [3.63, 3.8) is 0 Å². The van der Waals surface area contributed by atoms with Gasteiger partial charge in [0.15, 0.2) is 0 Å². The monoisotopic (exact) mass is 308 g/mol. The Morgan fingerprint density at radius 3 is 2.83 bits per heavy atom. The van der Waals surface area contributed by atoms with Crippen molar-refractivity contribution < 1.29 is 4.79 Å². The highest BCUT2D eigenvalue weighted by atomic mass is 16.1. The first-order valence-corrected chi connectivity index (χ1v) is 7.21. The largest absolute Gasteiger partial charge is 0.352 e. The van der Waals surface area contributed by atoms with E-state index >= 15 is 0 Å². The maximum Gasteiger partial charge on any atom is 0.260 e. The highest BCUT2D eigenvalue weighted by Crippen LogP contribution is 2.13. The van der Waals surface area contributed by atoms with Gasteiger partial charge in [0.2, 0.25) is 11.9 Å². The fourth-order valence-corrected chi connectivity index (χ4v) is 2.32. The molecule has 0 atom stereocenters. The third-order valence-corrected chi connectivity index (χ3v) is 3.32. The molecule has 0 saturated heterocycles. The number of para-hydroxylation sites is 1. The quantitative estimate of drug-likeness (QED) is 0.691. The van der Waals surface area contributed by atoms with Crippen molar-refractivity contribution in [1.29, 1.82) is 0 Å². The van der Waals surface area contributed by atoms with Gasteiger partial charge in [0.1, 0.15) is 0 Å². The number of rotatable bonds is 4. The van der Waals surface area contributed by atoms with Crippen LogP contribution in [0.2, 0.25) is 0 Å². The average molecular weight is 308 g/mol. The van der Waals surface area contributed by atoms with Gasteiger partial charge in [-0.3, -0.25) is 14.6 Å². The van der Waals surface area contributed by atoms with Crippen LogP contribution in [0.25, 0.3) is 10.9 Å². The summed E-state index contributed by atoms with van der Waals surface area (Å²) in [6, 6.07) is 14.7. The molecule has 3 aromatic rings. The molecule has 0 aliphatic rings. The van der Waals surface area contributed by atoms with Gasteiger partial charge in [-0.2, -0.15) is 0 Å². The number of hydrogen-bond acceptors (Lipinski definition) is 4. The number of amides is 1. The summed E-state index contributed by atoms with van der Waals surface area (Å²) in [6.07, 6.45) is 0. The molecule has 0 radical (unpaired) electrons. The van der Waals surface area contributed by atoms with Gasteiger partial charge in [0.05, 0.1) is 10.9 Å². The molecular weight excluding hydrogens is 292 g/mol. The number of benzene rings is 2. The summed E-state index contributed by atoms with van der Waals surface area (Å²) in [6.45, 7) is 1.95. The number of carbonyl (C=O) groups excluding carboxylic acids is 1. The highest BCUT2D eigenvalue weighted by molar-refractivity contribution is 5.88. The first kappa shape index (κ1) is 14.8. The molecule has 1 amide bonds. The van der Waals surface area contributed by atoms with Crippen LogP contribution >= 0.6 is 0 Å². The van der Waals surface area contributed by atoms with Crippen LogP contribution in [0.15, 0.2) is 53.3 Å². The Kier molecular flexibility index (Phi) is 4.05. The third-order valence-electron chi connectivity index (χ3n) is 3.32. The summed E-state index contributed by atoms with van der Waals surface area (Å²) in [5, 5.41) is 6.39. The molecule has 0 aliphatic heterocycles. The number of carbonyl (C=O) groups is 1. The number of aromatic amines is 1. The van der Waals surface area contributed by atoms with Crippen LogP contribution in [0.5, 0.6) is 0 Å². The van der Waals surface area contributed by atoms with Crippen molar-refractivity contribution in [2.24, 2.45) is 0 Å². The maximum absolute atomic E-state index is 12.0. The number of hydrogen-bond donors (Lipinski definition) is 3. The lowest BCUT2D eigenvalue weighted by Crippen LogP contribution is -2.13. The fraction of sp³-hybridized carbons (Fsp3) is 0.118. The summed E-state index contributed by atoms with van der Waals surface area (Å²) < 4.78 is 0. The lowest BCUT2D eigenvalue weighted by atomic mass is 10.2. The molecule has 0 bridgehead atoms. The van der Waals surface area contributed by atoms with Gasteiger partial charge in [-0.1, -0.05) is 24.3 Å². The maximum atomic E-state index is 12.0. The second-order valence-electron chi connectivity index (χ2n) is 5.17. The number of nitrogens with zero attached hydrogens (tertiary/aromatic N) is 1. The van der Waals surface area contributed by atoms with E-state index in [2.05, 4.69) is 20.6 Å². The van der Waals surface area contributed by atoms with Crippen molar-refractivity contribution in [3.05, 3.63) is 64.4 Å². The van der Waals surface area contributed by atoms with E-state index in [1.165, 1.54) is 6.92 Å². The van der Waals surface area contributed by atoms with E-state index in [1.54, 1.807) is 18.2 Å². The van der Waals surface area contributed by atoms with Crippen LogP contribution in [-0.4, -0.2) is 15.9 Å². The zero-order valence-corrected chi connectivity index (χ0v) is 12.6. The normalized spacial score (nSPS) is 10.5. The molecule has 3 rings (SSSR count). The summed E-state index contributed by atoms with van der Waals surface area (Å²) in [7, 11) is 0. The third kappa shape index (κ3) is 3.55. The Labute approximate surface area is 132 Å². The van der Waals surface area contributed by atoms with E-state index in [4.69, 9.17) is 0 Å². The minimum atomic E-state index is -0.176. The molecular formula is C17H16N4O2. The Morgan fingerprint density at radius 1 is 1.17 bits per heavy atom. The first-order chi connectivity index (χ1) is 11.1. The minimum Gasteiger partial charge on any atom is -0.352 e. The molecule has 0 saturated carbocycles. The zero-order chi connectivity index (χ0) is 16.2. The average Bonchev–Trinajstić information content (AvgIpc) is 2.53. The van der Waals surface area contributed by atoms with Gasteiger partial charge in [-0.15, -0.1) is 0 Å². The Balaban J connectivity index is 1.78. The zero-order valence-electron chi connectivity index (χ0n) is 12.6. The van der Waals surface area contributed by atoms with Gasteiger partial charge in [0.25, 0.3) is 5.56 Å². The molecule has 0 aliphatic carbocycles. The van der Waals surface area contributed by atoms with E-state index in [1.807, 2.05) is 30.3 Å². The Hall–Kier alpha value is -3.15. The molecule has 116 valence electrons. The van der Waals surface area contributed by atoms with Crippen molar-refractivity contribution in [2.75, 3.05) is 10.6 Å². The molecule has 1 aromatic heterocycles. The first-order valence-electron chi connectivity index (χ1n) is 7.21. The van der Waals surface area contributed by atoms with E-state index in [9.17, 15) is 9.59 Å². The van der Waals surface area contributed by atoms with E-state index < -0.39 is 0 Å². The lowest BCUT2D eigenvalue weighted by molar-refractivity contribution is -0.114. The lowest BCUT2D eigenvalue weighted by Gasteiger charge is -2.08. The van der Waals surface area contributed by atoms with Crippen LogP contribution in [0.3, 0.4) is 0 Å². The SMILES string of the molecule is CC(=O)Nc1cccc(CNc2nc3ccccc3c(=O)[nH]2)c1. The number of anilines is 2. The number of aromatic nitrogens is 2. The van der Waals surface area contributed by atoms with Crippen molar-refractivity contribution in [3.8, 4) is 0 Å². The highest BCUT2D eigenvalue weighted by Gasteiger charge is 2.03. The Bertz CT molecular complexity index is 918. The second-order valence-corrected chi connectivity index (χ2v) is 5.17. The van der Waals surface area contributed by atoms with Crippen molar-refractivity contribution >= 4 is 28.4 Å². The van der Waals surface area contributed by atoms with Gasteiger partial charge >= 0.3 is 0 Å². The van der Waals surface area contributed by atoms with Gasteiger partial charge in [-0.25, -0.2) is 4.98 Å². The number of H-pyrrole nitrogens is 1. The topological polar surface area (TPSA) is 86.9 Å². The van der Waals surface area contributed by atoms with Crippen molar-refractivity contribution in [1.82, 2.24) is 9.97 Å². The number of fused-ring (bicyclic) bond motifs is 1. The van der Waals surface area contributed by atoms with E-state index in [0.29, 0.717) is 23.4 Å². The minimum absolute atomic E-state index is 0.115. The van der Waals surface area contributed by atoms with Crippen LogP contribution in [0, 0.1) is 0 Å². The van der Waals surface area contributed by atoms with Gasteiger partial charge < -0.3 is 10.6 Å². The molecule has 0 unspecified atom stereocenters. The molecule has 0 spiro atoms. The van der Waals surface area contributed by atoms with Gasteiger partial charge in [0, 0.05) is 19.2 Å². The summed E-state index contributed by atoms with van der Waals surface area (Å²) in [4.78, 5) is 30.2. The van der Waals surface area contributed by atoms with Crippen LogP contribution in [-0.2, 0) is 11.3 Å². The van der Waals surface area contributed by atoms with Crippen LogP contribution < -0.4 is 16.2 Å². The summed E-state index contributed by atoms with van der Waals surface area (Å²) >= 11 is 0. The van der Waals surface area contributed by atoms with Crippen molar-refractivity contribution in [2.45, 2.75) is 13.5 Å². The van der Waals surface area contributed by atoms with E-state index in [0.717, 1.165) is 11.3 Å². The molecule has 6 nitrogen and oxygen atoms in total. The molecule has 3 N–H and O–H groups in total. The molecule has 6 heteroatoms. The van der Waals surface area contributed by atoms with Crippen LogP contribution in [0.4, 0.5) is 11.6 Å². The summed E-state index contributed by atoms with van der Waals surface area (Å²) in [5.41, 5.74) is 2.17.